The first-order valence-corrected chi connectivity index (χ1v) is 8.65. The predicted molar refractivity (Wildman–Crippen MR) is 103 cm³/mol. The summed E-state index contributed by atoms with van der Waals surface area (Å²) in [7, 11) is 1.60. The highest BCUT2D eigenvalue weighted by Gasteiger charge is 2.04. The number of nitrogens with zero attached hydrogens (tertiary/aromatic N) is 1. The first kappa shape index (κ1) is 19.2. The summed E-state index contributed by atoms with van der Waals surface area (Å²) in [5, 5.41) is 5.49. The molecule has 0 saturated carbocycles. The highest BCUT2D eigenvalue weighted by atomic mass is 19.1. The molecule has 1 heterocycles. The second kappa shape index (κ2) is 9.36. The molecule has 3 aromatic rings. The lowest BCUT2D eigenvalue weighted by molar-refractivity contribution is 0.240. The van der Waals surface area contributed by atoms with Crippen LogP contribution in [0.5, 0.6) is 17.4 Å². The van der Waals surface area contributed by atoms with E-state index in [9.17, 15) is 9.18 Å². The quantitative estimate of drug-likeness (QED) is 0.648. The van der Waals surface area contributed by atoms with Crippen molar-refractivity contribution in [3.63, 3.8) is 0 Å². The number of benzene rings is 2. The predicted octanol–water partition coefficient (Wildman–Crippen LogP) is 4.02. The van der Waals surface area contributed by atoms with Gasteiger partial charge in [-0.15, -0.1) is 0 Å². The second-order valence-electron chi connectivity index (χ2n) is 5.94. The summed E-state index contributed by atoms with van der Waals surface area (Å²) in [5.74, 6) is 1.50. The Morgan fingerprint density at radius 3 is 2.25 bits per heavy atom. The fraction of sp³-hybridized carbons (Fsp3) is 0.143. The molecule has 0 aliphatic carbocycles. The lowest BCUT2D eigenvalue weighted by Gasteiger charge is -2.09. The third-order valence-electron chi connectivity index (χ3n) is 3.90. The molecular formula is C21H20FN3O3. The summed E-state index contributed by atoms with van der Waals surface area (Å²) < 4.78 is 23.7. The molecule has 7 heteroatoms. The number of aromatic nitrogens is 1. The third kappa shape index (κ3) is 5.70. The van der Waals surface area contributed by atoms with Gasteiger partial charge in [-0.1, -0.05) is 12.1 Å². The number of halogens is 1. The van der Waals surface area contributed by atoms with Crippen LogP contribution in [-0.2, 0) is 13.1 Å². The van der Waals surface area contributed by atoms with Crippen LogP contribution in [0, 0.1) is 5.82 Å². The van der Waals surface area contributed by atoms with E-state index in [1.165, 1.54) is 12.1 Å². The lowest BCUT2D eigenvalue weighted by Crippen LogP contribution is -2.34. The van der Waals surface area contributed by atoms with Gasteiger partial charge in [0.2, 0.25) is 5.88 Å². The molecule has 0 bridgehead atoms. The fourth-order valence-corrected chi connectivity index (χ4v) is 2.41. The van der Waals surface area contributed by atoms with Gasteiger partial charge in [0.25, 0.3) is 0 Å². The molecule has 0 atom stereocenters. The highest BCUT2D eigenvalue weighted by molar-refractivity contribution is 5.73. The standard InChI is InChI=1S/C21H20FN3O3/c1-27-18-6-8-19(9-7-18)28-20-12-16(10-11-23-20)14-25-21(26)24-13-15-2-4-17(22)5-3-15/h2-12H,13-14H2,1H3,(H2,24,25,26). The zero-order chi connectivity index (χ0) is 19.8. The van der Waals surface area contributed by atoms with Crippen molar-refractivity contribution >= 4 is 6.03 Å². The summed E-state index contributed by atoms with van der Waals surface area (Å²) in [6.07, 6.45) is 1.62. The molecule has 3 rings (SSSR count). The number of methoxy groups -OCH3 is 1. The number of hydrogen-bond donors (Lipinski definition) is 2. The van der Waals surface area contributed by atoms with Gasteiger partial charge in [-0.25, -0.2) is 14.2 Å². The second-order valence-corrected chi connectivity index (χ2v) is 5.94. The molecule has 0 spiro atoms. The van der Waals surface area contributed by atoms with Gasteiger partial charge in [0, 0.05) is 25.4 Å². The molecule has 2 aromatic carbocycles. The fourth-order valence-electron chi connectivity index (χ4n) is 2.41. The number of urea groups is 1. The van der Waals surface area contributed by atoms with Crippen molar-refractivity contribution in [2.24, 2.45) is 0 Å². The zero-order valence-corrected chi connectivity index (χ0v) is 15.3. The van der Waals surface area contributed by atoms with Crippen LogP contribution in [0.2, 0.25) is 0 Å². The Kier molecular flexibility index (Phi) is 6.41. The van der Waals surface area contributed by atoms with Gasteiger partial charge in [0.1, 0.15) is 17.3 Å². The maximum Gasteiger partial charge on any atom is 0.315 e. The Morgan fingerprint density at radius 2 is 1.57 bits per heavy atom. The average Bonchev–Trinajstić information content (AvgIpc) is 2.73. The third-order valence-corrected chi connectivity index (χ3v) is 3.90. The SMILES string of the molecule is COc1ccc(Oc2cc(CNC(=O)NCc3ccc(F)cc3)ccn2)cc1. The van der Waals surface area contributed by atoms with Gasteiger partial charge in [-0.3, -0.25) is 0 Å². The first-order valence-electron chi connectivity index (χ1n) is 8.65. The van der Waals surface area contributed by atoms with Gasteiger partial charge in [-0.05, 0) is 53.6 Å². The molecule has 0 unspecified atom stereocenters. The van der Waals surface area contributed by atoms with Crippen LogP contribution < -0.4 is 20.1 Å². The summed E-state index contributed by atoms with van der Waals surface area (Å²) in [6.45, 7) is 0.630. The number of pyridine rings is 1. The lowest BCUT2D eigenvalue weighted by atomic mass is 10.2. The number of amides is 2. The molecule has 2 amide bonds. The van der Waals surface area contributed by atoms with Crippen LogP contribution in [0.1, 0.15) is 11.1 Å². The van der Waals surface area contributed by atoms with E-state index in [1.54, 1.807) is 61.8 Å². The Labute approximate surface area is 162 Å². The average molecular weight is 381 g/mol. The number of nitrogens with one attached hydrogen (secondary N) is 2. The number of ether oxygens (including phenoxy) is 2. The van der Waals surface area contributed by atoms with E-state index in [4.69, 9.17) is 9.47 Å². The van der Waals surface area contributed by atoms with Crippen molar-refractivity contribution < 1.29 is 18.7 Å². The van der Waals surface area contributed by atoms with Crippen molar-refractivity contribution in [2.75, 3.05) is 7.11 Å². The maximum absolute atomic E-state index is 12.9. The van der Waals surface area contributed by atoms with Crippen LogP contribution >= 0.6 is 0 Å². The van der Waals surface area contributed by atoms with E-state index >= 15 is 0 Å². The minimum absolute atomic E-state index is 0.307. The Balaban J connectivity index is 1.49. The van der Waals surface area contributed by atoms with Crippen LogP contribution in [-0.4, -0.2) is 18.1 Å². The molecule has 0 aliphatic heterocycles. The maximum atomic E-state index is 12.9. The summed E-state index contributed by atoms with van der Waals surface area (Å²) in [5.41, 5.74) is 1.66. The number of carbonyl (C=O) groups is 1. The van der Waals surface area contributed by atoms with Gasteiger partial charge < -0.3 is 20.1 Å². The van der Waals surface area contributed by atoms with Gasteiger partial charge in [0.05, 0.1) is 7.11 Å². The molecule has 0 saturated heterocycles. The van der Waals surface area contributed by atoms with Crippen molar-refractivity contribution in [3.8, 4) is 17.4 Å². The monoisotopic (exact) mass is 381 g/mol. The number of hydrogen-bond acceptors (Lipinski definition) is 4. The van der Waals surface area contributed by atoms with Crippen LogP contribution in [0.3, 0.4) is 0 Å². The molecule has 28 heavy (non-hydrogen) atoms. The largest absolute Gasteiger partial charge is 0.497 e. The topological polar surface area (TPSA) is 72.5 Å². The van der Waals surface area contributed by atoms with Gasteiger partial charge >= 0.3 is 6.03 Å². The molecule has 2 N–H and O–H groups in total. The Morgan fingerprint density at radius 1 is 0.929 bits per heavy atom. The molecule has 0 radical (unpaired) electrons. The molecule has 144 valence electrons. The Bertz CT molecular complexity index is 915. The van der Waals surface area contributed by atoms with E-state index in [2.05, 4.69) is 15.6 Å². The minimum atomic E-state index is -0.321. The van der Waals surface area contributed by atoms with Crippen LogP contribution in [0.15, 0.2) is 66.9 Å². The van der Waals surface area contributed by atoms with Gasteiger partial charge in [-0.2, -0.15) is 0 Å². The Hall–Kier alpha value is -3.61. The zero-order valence-electron chi connectivity index (χ0n) is 15.3. The molecule has 0 aliphatic rings. The summed E-state index contributed by atoms with van der Waals surface area (Å²) >= 11 is 0. The summed E-state index contributed by atoms with van der Waals surface area (Å²) in [4.78, 5) is 16.1. The number of rotatable bonds is 7. The van der Waals surface area contributed by atoms with Crippen LogP contribution in [0.4, 0.5) is 9.18 Å². The smallest absolute Gasteiger partial charge is 0.315 e. The van der Waals surface area contributed by atoms with E-state index in [0.717, 1.165) is 16.9 Å². The van der Waals surface area contributed by atoms with Crippen molar-refractivity contribution in [3.05, 3.63) is 83.8 Å². The van der Waals surface area contributed by atoms with E-state index in [-0.39, 0.29) is 11.8 Å². The summed E-state index contributed by atoms with van der Waals surface area (Å²) in [6, 6.07) is 16.4. The van der Waals surface area contributed by atoms with E-state index < -0.39 is 0 Å². The van der Waals surface area contributed by atoms with Crippen molar-refractivity contribution in [1.29, 1.82) is 0 Å². The van der Waals surface area contributed by atoms with Crippen molar-refractivity contribution in [1.82, 2.24) is 15.6 Å². The highest BCUT2D eigenvalue weighted by Crippen LogP contribution is 2.22. The first-order chi connectivity index (χ1) is 13.6. The minimum Gasteiger partial charge on any atom is -0.497 e. The molecular weight excluding hydrogens is 361 g/mol. The van der Waals surface area contributed by atoms with E-state index in [1.807, 2.05) is 0 Å². The molecule has 1 aromatic heterocycles. The van der Waals surface area contributed by atoms with E-state index in [0.29, 0.717) is 24.7 Å². The normalized spacial score (nSPS) is 10.2. The van der Waals surface area contributed by atoms with Gasteiger partial charge in [0.15, 0.2) is 0 Å². The molecule has 6 nitrogen and oxygen atoms in total. The van der Waals surface area contributed by atoms with Crippen molar-refractivity contribution in [2.45, 2.75) is 13.1 Å². The number of carbonyl (C=O) groups excluding carboxylic acids is 1. The van der Waals surface area contributed by atoms with Crippen LogP contribution in [0.25, 0.3) is 0 Å². The molecule has 0 fully saturated rings.